The summed E-state index contributed by atoms with van der Waals surface area (Å²) in [5.41, 5.74) is 0.687. The topological polar surface area (TPSA) is 66.3 Å². The Bertz CT molecular complexity index is 611. The van der Waals surface area contributed by atoms with Gasteiger partial charge in [-0.15, -0.1) is 0 Å². The molecule has 0 spiro atoms. The van der Waals surface area contributed by atoms with E-state index in [0.29, 0.717) is 16.8 Å². The second kappa shape index (κ2) is 5.84. The fraction of sp³-hybridized carbons (Fsp3) is 0.214. The van der Waals surface area contributed by atoms with E-state index in [1.807, 2.05) is 22.9 Å². The van der Waals surface area contributed by atoms with E-state index in [1.165, 1.54) is 3.11 Å². The van der Waals surface area contributed by atoms with Gasteiger partial charge < -0.3 is 5.11 Å². The number of aromatic nitrogens is 2. The van der Waals surface area contributed by atoms with E-state index in [2.05, 4.69) is 9.97 Å². The zero-order valence-corrected chi connectivity index (χ0v) is 13.3. The molecule has 2 rings (SSSR count). The SMILES string of the molecule is CC(C)(O)c1ccncc1N(I)C(=O)c1ccncc1. The number of hydrogen-bond donors (Lipinski definition) is 1. The van der Waals surface area contributed by atoms with Gasteiger partial charge in [-0.05, 0) is 32.0 Å². The standard InChI is InChI=1S/C14H14IN3O2/c1-14(2,20)11-5-8-17-9-12(11)18(15)13(19)10-3-6-16-7-4-10/h3-9,20H,1-2H3. The molecule has 0 saturated heterocycles. The van der Waals surface area contributed by atoms with Crippen molar-refractivity contribution < 1.29 is 9.90 Å². The molecule has 2 heterocycles. The number of aliphatic hydroxyl groups is 1. The number of rotatable bonds is 3. The van der Waals surface area contributed by atoms with Gasteiger partial charge in [0, 0.05) is 29.7 Å². The number of carbonyl (C=O) groups is 1. The molecule has 1 amide bonds. The smallest absolute Gasteiger partial charge is 0.267 e. The van der Waals surface area contributed by atoms with E-state index in [4.69, 9.17) is 0 Å². The van der Waals surface area contributed by atoms with Gasteiger partial charge in [-0.1, -0.05) is 0 Å². The quantitative estimate of drug-likeness (QED) is 0.654. The minimum absolute atomic E-state index is 0.188. The fourth-order valence-corrected chi connectivity index (χ4v) is 2.44. The lowest BCUT2D eigenvalue weighted by molar-refractivity contribution is 0.0790. The summed E-state index contributed by atoms with van der Waals surface area (Å²) in [6.45, 7) is 3.35. The van der Waals surface area contributed by atoms with Crippen LogP contribution in [0.25, 0.3) is 0 Å². The highest BCUT2D eigenvalue weighted by molar-refractivity contribution is 14.1. The Hall–Kier alpha value is -1.54. The van der Waals surface area contributed by atoms with Gasteiger partial charge in [0.25, 0.3) is 5.91 Å². The van der Waals surface area contributed by atoms with Crippen LogP contribution < -0.4 is 3.11 Å². The maximum absolute atomic E-state index is 12.4. The number of amides is 1. The summed E-state index contributed by atoms with van der Waals surface area (Å²) >= 11 is 1.91. The number of pyridine rings is 2. The van der Waals surface area contributed by atoms with Crippen molar-refractivity contribution in [1.29, 1.82) is 0 Å². The summed E-state index contributed by atoms with van der Waals surface area (Å²) in [5.74, 6) is -0.188. The first kappa shape index (κ1) is 14.9. The Morgan fingerprint density at radius 3 is 2.40 bits per heavy atom. The molecular formula is C14H14IN3O2. The first-order chi connectivity index (χ1) is 9.41. The molecule has 0 aliphatic rings. The van der Waals surface area contributed by atoms with Crippen LogP contribution in [0.5, 0.6) is 0 Å². The van der Waals surface area contributed by atoms with E-state index >= 15 is 0 Å². The Kier molecular flexibility index (Phi) is 4.34. The van der Waals surface area contributed by atoms with Crippen molar-refractivity contribution in [3.05, 3.63) is 54.1 Å². The minimum Gasteiger partial charge on any atom is -0.386 e. The molecule has 104 valence electrons. The second-order valence-corrected chi connectivity index (χ2v) is 5.74. The first-order valence-corrected chi connectivity index (χ1v) is 6.95. The second-order valence-electron chi connectivity index (χ2n) is 4.77. The first-order valence-electron chi connectivity index (χ1n) is 5.98. The third-order valence-corrected chi connectivity index (χ3v) is 3.73. The van der Waals surface area contributed by atoms with Crippen molar-refractivity contribution >= 4 is 34.5 Å². The summed E-state index contributed by atoms with van der Waals surface area (Å²) < 4.78 is 1.45. The van der Waals surface area contributed by atoms with Crippen LogP contribution in [0.4, 0.5) is 5.69 Å². The number of halogens is 1. The van der Waals surface area contributed by atoms with Crippen LogP contribution in [0.2, 0.25) is 0 Å². The summed E-state index contributed by atoms with van der Waals surface area (Å²) in [6.07, 6.45) is 6.30. The molecule has 6 heteroatoms. The summed E-state index contributed by atoms with van der Waals surface area (Å²) in [6, 6.07) is 5.00. The van der Waals surface area contributed by atoms with Crippen LogP contribution in [-0.4, -0.2) is 21.0 Å². The highest BCUT2D eigenvalue weighted by Crippen LogP contribution is 2.32. The van der Waals surface area contributed by atoms with E-state index in [-0.39, 0.29) is 5.91 Å². The lowest BCUT2D eigenvalue weighted by atomic mass is 9.98. The van der Waals surface area contributed by atoms with Gasteiger partial charge in [0.1, 0.15) is 0 Å². The van der Waals surface area contributed by atoms with Crippen molar-refractivity contribution in [2.45, 2.75) is 19.4 Å². The molecular weight excluding hydrogens is 369 g/mol. The lowest BCUT2D eigenvalue weighted by Gasteiger charge is -2.24. The van der Waals surface area contributed by atoms with E-state index < -0.39 is 5.60 Å². The highest BCUT2D eigenvalue weighted by atomic mass is 127. The highest BCUT2D eigenvalue weighted by Gasteiger charge is 2.25. The maximum atomic E-state index is 12.4. The molecule has 0 bridgehead atoms. The van der Waals surface area contributed by atoms with Crippen molar-refractivity contribution in [2.75, 3.05) is 3.11 Å². The van der Waals surface area contributed by atoms with Gasteiger partial charge in [-0.25, -0.2) is 3.11 Å². The van der Waals surface area contributed by atoms with Gasteiger partial charge in [0.05, 0.1) is 40.3 Å². The molecule has 0 radical (unpaired) electrons. The van der Waals surface area contributed by atoms with Gasteiger partial charge in [0.2, 0.25) is 0 Å². The summed E-state index contributed by atoms with van der Waals surface area (Å²) in [4.78, 5) is 20.3. The van der Waals surface area contributed by atoms with Gasteiger partial charge in [-0.2, -0.15) is 0 Å². The Labute approximate surface area is 131 Å². The van der Waals surface area contributed by atoms with Crippen LogP contribution >= 0.6 is 22.9 Å². The third kappa shape index (κ3) is 3.13. The fourth-order valence-electron chi connectivity index (χ4n) is 1.78. The van der Waals surface area contributed by atoms with Gasteiger partial charge >= 0.3 is 0 Å². The summed E-state index contributed by atoms with van der Waals surface area (Å²) in [5, 5.41) is 10.2. The maximum Gasteiger partial charge on any atom is 0.267 e. The van der Waals surface area contributed by atoms with E-state index in [9.17, 15) is 9.90 Å². The molecule has 0 aliphatic heterocycles. The lowest BCUT2D eigenvalue weighted by Crippen LogP contribution is -2.25. The zero-order valence-electron chi connectivity index (χ0n) is 11.1. The number of anilines is 1. The summed E-state index contributed by atoms with van der Waals surface area (Å²) in [7, 11) is 0. The molecule has 0 unspecified atom stereocenters. The van der Waals surface area contributed by atoms with Crippen LogP contribution in [0.15, 0.2) is 43.0 Å². The predicted octanol–water partition coefficient (Wildman–Crippen LogP) is 2.70. The zero-order chi connectivity index (χ0) is 14.8. The predicted molar refractivity (Wildman–Crippen MR) is 84.5 cm³/mol. The monoisotopic (exact) mass is 383 g/mol. The molecule has 0 fully saturated rings. The molecule has 2 aromatic rings. The van der Waals surface area contributed by atoms with Crippen LogP contribution in [0.1, 0.15) is 29.8 Å². The van der Waals surface area contributed by atoms with E-state index in [1.54, 1.807) is 56.8 Å². The number of nitrogens with zero attached hydrogens (tertiary/aromatic N) is 3. The molecule has 1 N–H and O–H groups in total. The van der Waals surface area contributed by atoms with Gasteiger partial charge in [0.15, 0.2) is 0 Å². The van der Waals surface area contributed by atoms with Crippen molar-refractivity contribution in [3.63, 3.8) is 0 Å². The molecule has 0 saturated carbocycles. The molecule has 0 atom stereocenters. The number of hydrogen-bond acceptors (Lipinski definition) is 4. The molecule has 2 aromatic heterocycles. The Morgan fingerprint density at radius 2 is 1.80 bits per heavy atom. The average Bonchev–Trinajstić information content (AvgIpc) is 2.46. The Balaban J connectivity index is 2.40. The Morgan fingerprint density at radius 1 is 1.20 bits per heavy atom. The average molecular weight is 383 g/mol. The van der Waals surface area contributed by atoms with Crippen LogP contribution in [0.3, 0.4) is 0 Å². The third-order valence-electron chi connectivity index (χ3n) is 2.78. The molecule has 0 aromatic carbocycles. The van der Waals surface area contributed by atoms with Gasteiger partial charge in [-0.3, -0.25) is 14.8 Å². The minimum atomic E-state index is -1.06. The normalized spacial score (nSPS) is 11.2. The molecule has 20 heavy (non-hydrogen) atoms. The largest absolute Gasteiger partial charge is 0.386 e. The van der Waals surface area contributed by atoms with E-state index in [0.717, 1.165) is 0 Å². The van der Waals surface area contributed by atoms with Crippen molar-refractivity contribution in [3.8, 4) is 0 Å². The van der Waals surface area contributed by atoms with Crippen LogP contribution in [0, 0.1) is 0 Å². The molecule has 5 nitrogen and oxygen atoms in total. The molecule has 0 aliphatic carbocycles. The van der Waals surface area contributed by atoms with Crippen LogP contribution in [-0.2, 0) is 5.60 Å². The van der Waals surface area contributed by atoms with Crippen molar-refractivity contribution in [1.82, 2.24) is 9.97 Å². The van der Waals surface area contributed by atoms with Crippen molar-refractivity contribution in [2.24, 2.45) is 0 Å². The number of carbonyl (C=O) groups excluding carboxylic acids is 1.